The predicted octanol–water partition coefficient (Wildman–Crippen LogP) is 4.74. The number of nitrogens with zero attached hydrogens (tertiary/aromatic N) is 2. The van der Waals surface area contributed by atoms with E-state index in [1.807, 2.05) is 0 Å². The summed E-state index contributed by atoms with van der Waals surface area (Å²) in [6.45, 7) is 0. The molecular weight excluding hydrogens is 437 g/mol. The monoisotopic (exact) mass is 445 g/mol. The van der Waals surface area contributed by atoms with Crippen molar-refractivity contribution in [1.29, 1.82) is 0 Å². The highest BCUT2D eigenvalue weighted by atomic mass is 79.9. The van der Waals surface area contributed by atoms with E-state index >= 15 is 0 Å². The summed E-state index contributed by atoms with van der Waals surface area (Å²) in [6, 6.07) is 13.1. The Morgan fingerprint density at radius 2 is 1.62 bits per heavy atom. The van der Waals surface area contributed by atoms with E-state index in [2.05, 4.69) is 25.6 Å². The second kappa shape index (κ2) is 6.76. The molecule has 0 bridgehead atoms. The summed E-state index contributed by atoms with van der Waals surface area (Å²) < 4.78 is 29.6. The number of nitrogens with one attached hydrogen (secondary N) is 1. The third-order valence-corrected chi connectivity index (χ3v) is 5.85. The van der Waals surface area contributed by atoms with Gasteiger partial charge in [-0.25, -0.2) is 13.4 Å². The standard InChI is InChI=1S/C15H10BrCl2N3O2S/c16-10-1-7-13(8-2-10)24(22,23)20-11-3-5-12(6-4-11)21-9-19-14(17)15(21)18/h1-9,20H. The molecule has 0 aliphatic carbocycles. The zero-order valence-electron chi connectivity index (χ0n) is 11.9. The number of imidazole rings is 1. The smallest absolute Gasteiger partial charge is 0.261 e. The Kier molecular flexibility index (Phi) is 4.87. The van der Waals surface area contributed by atoms with Gasteiger partial charge in [0.15, 0.2) is 10.3 Å². The first-order valence-electron chi connectivity index (χ1n) is 6.64. The van der Waals surface area contributed by atoms with Gasteiger partial charge in [0.1, 0.15) is 6.33 Å². The number of anilines is 1. The van der Waals surface area contributed by atoms with Crippen LogP contribution < -0.4 is 4.72 Å². The summed E-state index contributed by atoms with van der Waals surface area (Å²) in [6.07, 6.45) is 1.49. The van der Waals surface area contributed by atoms with E-state index in [-0.39, 0.29) is 10.0 Å². The van der Waals surface area contributed by atoms with E-state index in [0.717, 1.165) is 4.47 Å². The molecule has 0 spiro atoms. The van der Waals surface area contributed by atoms with Gasteiger partial charge in [-0.05, 0) is 48.5 Å². The average Bonchev–Trinajstić information content (AvgIpc) is 2.88. The molecule has 5 nitrogen and oxygen atoms in total. The van der Waals surface area contributed by atoms with E-state index in [4.69, 9.17) is 23.2 Å². The fourth-order valence-electron chi connectivity index (χ4n) is 2.01. The first-order valence-corrected chi connectivity index (χ1v) is 9.67. The molecule has 0 saturated heterocycles. The molecule has 0 saturated carbocycles. The van der Waals surface area contributed by atoms with Crippen molar-refractivity contribution in [2.24, 2.45) is 0 Å². The van der Waals surface area contributed by atoms with Gasteiger partial charge in [0.2, 0.25) is 0 Å². The molecule has 2 aromatic carbocycles. The molecule has 1 heterocycles. The third-order valence-electron chi connectivity index (χ3n) is 3.19. The lowest BCUT2D eigenvalue weighted by Gasteiger charge is -2.09. The minimum atomic E-state index is -3.65. The maximum absolute atomic E-state index is 12.3. The topological polar surface area (TPSA) is 64.0 Å². The number of benzene rings is 2. The molecule has 0 aliphatic heterocycles. The van der Waals surface area contributed by atoms with E-state index in [1.165, 1.54) is 18.5 Å². The molecule has 3 aromatic rings. The lowest BCUT2D eigenvalue weighted by molar-refractivity contribution is 0.601. The summed E-state index contributed by atoms with van der Waals surface area (Å²) in [5.41, 5.74) is 1.15. The predicted molar refractivity (Wildman–Crippen MR) is 98.5 cm³/mol. The van der Waals surface area contributed by atoms with Crippen LogP contribution in [0.5, 0.6) is 0 Å². The van der Waals surface area contributed by atoms with Crippen molar-refractivity contribution in [3.8, 4) is 5.69 Å². The number of aromatic nitrogens is 2. The molecule has 0 atom stereocenters. The van der Waals surface area contributed by atoms with Crippen LogP contribution in [-0.4, -0.2) is 18.0 Å². The quantitative estimate of drug-likeness (QED) is 0.629. The van der Waals surface area contributed by atoms with E-state index in [0.29, 0.717) is 16.5 Å². The van der Waals surface area contributed by atoms with Gasteiger partial charge in [-0.1, -0.05) is 39.1 Å². The first kappa shape index (κ1) is 17.3. The van der Waals surface area contributed by atoms with Crippen LogP contribution in [0, 0.1) is 0 Å². The van der Waals surface area contributed by atoms with Crippen molar-refractivity contribution in [1.82, 2.24) is 9.55 Å². The van der Waals surface area contributed by atoms with Crippen molar-refractivity contribution >= 4 is 54.8 Å². The highest BCUT2D eigenvalue weighted by Gasteiger charge is 2.14. The normalized spacial score (nSPS) is 11.5. The van der Waals surface area contributed by atoms with E-state index < -0.39 is 10.0 Å². The Morgan fingerprint density at radius 3 is 2.17 bits per heavy atom. The second-order valence-corrected chi connectivity index (χ2v) is 8.12. The number of sulfonamides is 1. The van der Waals surface area contributed by atoms with E-state index in [1.54, 1.807) is 41.0 Å². The van der Waals surface area contributed by atoms with Gasteiger partial charge in [0.25, 0.3) is 10.0 Å². The van der Waals surface area contributed by atoms with E-state index in [9.17, 15) is 8.42 Å². The minimum absolute atomic E-state index is 0.180. The highest BCUT2D eigenvalue weighted by molar-refractivity contribution is 9.10. The summed E-state index contributed by atoms with van der Waals surface area (Å²) in [7, 11) is -3.65. The van der Waals surface area contributed by atoms with Crippen molar-refractivity contribution in [2.45, 2.75) is 4.90 Å². The highest BCUT2D eigenvalue weighted by Crippen LogP contribution is 2.25. The lowest BCUT2D eigenvalue weighted by atomic mass is 10.3. The zero-order valence-corrected chi connectivity index (χ0v) is 15.9. The Bertz CT molecular complexity index is 971. The molecule has 0 unspecified atom stereocenters. The van der Waals surface area contributed by atoms with Crippen LogP contribution in [0.25, 0.3) is 5.69 Å². The number of rotatable bonds is 4. The van der Waals surface area contributed by atoms with Gasteiger partial charge in [0.05, 0.1) is 4.90 Å². The molecule has 9 heteroatoms. The molecular formula is C15H10BrCl2N3O2S. The molecule has 0 amide bonds. The molecule has 0 radical (unpaired) electrons. The number of hydrogen-bond acceptors (Lipinski definition) is 3. The molecule has 124 valence electrons. The fourth-order valence-corrected chi connectivity index (χ4v) is 3.66. The summed E-state index contributed by atoms with van der Waals surface area (Å²) in [5.74, 6) is 0. The van der Waals surface area contributed by atoms with Crippen molar-refractivity contribution in [3.63, 3.8) is 0 Å². The van der Waals surface area contributed by atoms with Gasteiger partial charge >= 0.3 is 0 Å². The van der Waals surface area contributed by atoms with Crippen LogP contribution in [0.2, 0.25) is 10.3 Å². The minimum Gasteiger partial charge on any atom is -0.288 e. The SMILES string of the molecule is O=S(=O)(Nc1ccc(-n2cnc(Cl)c2Cl)cc1)c1ccc(Br)cc1. The Hall–Kier alpha value is -1.54. The van der Waals surface area contributed by atoms with Gasteiger partial charge < -0.3 is 0 Å². The van der Waals surface area contributed by atoms with Crippen molar-refractivity contribution in [2.75, 3.05) is 4.72 Å². The average molecular weight is 447 g/mol. The Morgan fingerprint density at radius 1 is 1.00 bits per heavy atom. The van der Waals surface area contributed by atoms with Gasteiger partial charge in [0, 0.05) is 15.8 Å². The van der Waals surface area contributed by atoms with Crippen LogP contribution in [0.15, 0.2) is 64.2 Å². The lowest BCUT2D eigenvalue weighted by Crippen LogP contribution is -2.12. The molecule has 1 N–H and O–H groups in total. The number of halogens is 3. The van der Waals surface area contributed by atoms with Gasteiger partial charge in [-0.2, -0.15) is 0 Å². The van der Waals surface area contributed by atoms with Crippen LogP contribution >= 0.6 is 39.1 Å². The second-order valence-electron chi connectivity index (χ2n) is 4.80. The van der Waals surface area contributed by atoms with Gasteiger partial charge in [-0.3, -0.25) is 9.29 Å². The zero-order chi connectivity index (χ0) is 17.3. The van der Waals surface area contributed by atoms with Crippen LogP contribution in [-0.2, 0) is 10.0 Å². The molecule has 0 aliphatic rings. The fraction of sp³-hybridized carbons (Fsp3) is 0. The maximum Gasteiger partial charge on any atom is 0.261 e. The first-order chi connectivity index (χ1) is 11.4. The largest absolute Gasteiger partial charge is 0.288 e. The third kappa shape index (κ3) is 3.59. The summed E-state index contributed by atoms with van der Waals surface area (Å²) in [5, 5.41) is 0.497. The van der Waals surface area contributed by atoms with Crippen LogP contribution in [0.4, 0.5) is 5.69 Å². The van der Waals surface area contributed by atoms with Crippen LogP contribution in [0.3, 0.4) is 0 Å². The van der Waals surface area contributed by atoms with Crippen molar-refractivity contribution in [3.05, 3.63) is 69.6 Å². The van der Waals surface area contributed by atoms with Gasteiger partial charge in [-0.15, -0.1) is 0 Å². The molecule has 1 aromatic heterocycles. The maximum atomic E-state index is 12.3. The Labute approximate surface area is 157 Å². The molecule has 24 heavy (non-hydrogen) atoms. The van der Waals surface area contributed by atoms with Crippen molar-refractivity contribution < 1.29 is 8.42 Å². The summed E-state index contributed by atoms with van der Waals surface area (Å²) >= 11 is 15.1. The molecule has 0 fully saturated rings. The van der Waals surface area contributed by atoms with Crippen LogP contribution in [0.1, 0.15) is 0 Å². The summed E-state index contributed by atoms with van der Waals surface area (Å²) in [4.78, 5) is 4.08. The Balaban J connectivity index is 1.84. The number of hydrogen-bond donors (Lipinski definition) is 1. The molecule has 3 rings (SSSR count).